The molecule has 5 rings (SSSR count). The van der Waals surface area contributed by atoms with Gasteiger partial charge in [0.15, 0.2) is 0 Å². The van der Waals surface area contributed by atoms with Crippen molar-refractivity contribution in [1.82, 2.24) is 0 Å². The third-order valence-electron chi connectivity index (χ3n) is 6.64. The summed E-state index contributed by atoms with van der Waals surface area (Å²) < 4.78 is 24.0. The molecule has 1 fully saturated rings. The zero-order valence-corrected chi connectivity index (χ0v) is 18.4. The first-order valence-corrected chi connectivity index (χ1v) is 11.1. The van der Waals surface area contributed by atoms with Gasteiger partial charge >= 0.3 is 0 Å². The van der Waals surface area contributed by atoms with Crippen molar-refractivity contribution in [3.63, 3.8) is 0 Å². The Labute approximate surface area is 189 Å². The van der Waals surface area contributed by atoms with Gasteiger partial charge in [-0.15, -0.1) is 0 Å². The summed E-state index contributed by atoms with van der Waals surface area (Å²) in [5.41, 5.74) is 2.36. The molecule has 164 valence electrons. The third kappa shape index (κ3) is 3.55. The van der Waals surface area contributed by atoms with Crippen LogP contribution in [0.25, 0.3) is 0 Å². The van der Waals surface area contributed by atoms with E-state index in [1.165, 1.54) is 0 Å². The van der Waals surface area contributed by atoms with Crippen molar-refractivity contribution in [2.45, 2.75) is 30.7 Å². The lowest BCUT2D eigenvalue weighted by atomic mass is 9.79. The number of hydrogen-bond acceptors (Lipinski definition) is 4. The maximum Gasteiger partial charge on any atom is 0.144 e. The van der Waals surface area contributed by atoms with Gasteiger partial charge in [-0.3, -0.25) is 0 Å². The zero-order chi connectivity index (χ0) is 22.0. The van der Waals surface area contributed by atoms with Crippen LogP contribution in [0.15, 0.2) is 91.2 Å². The molecule has 1 heterocycles. The Morgan fingerprint density at radius 3 is 1.84 bits per heavy atom. The minimum Gasteiger partial charge on any atom is -0.497 e. The van der Waals surface area contributed by atoms with E-state index in [4.69, 9.17) is 18.9 Å². The topological polar surface area (TPSA) is 36.9 Å². The smallest absolute Gasteiger partial charge is 0.144 e. The van der Waals surface area contributed by atoms with Gasteiger partial charge in [0, 0.05) is 5.92 Å². The first-order chi connectivity index (χ1) is 15.7. The van der Waals surface area contributed by atoms with E-state index < -0.39 is 5.60 Å². The molecular formula is C28H28O4. The Morgan fingerprint density at radius 1 is 0.719 bits per heavy atom. The van der Waals surface area contributed by atoms with Crippen molar-refractivity contribution in [2.24, 2.45) is 5.92 Å². The molecule has 2 aliphatic rings. The highest BCUT2D eigenvalue weighted by atomic mass is 16.6. The molecule has 3 atom stereocenters. The van der Waals surface area contributed by atoms with Crippen LogP contribution in [0.1, 0.15) is 29.5 Å². The van der Waals surface area contributed by atoms with Gasteiger partial charge in [-0.05, 0) is 59.9 Å². The molecular weight excluding hydrogens is 400 g/mol. The van der Waals surface area contributed by atoms with Crippen molar-refractivity contribution in [3.8, 4) is 11.5 Å². The molecule has 1 aliphatic heterocycles. The van der Waals surface area contributed by atoms with E-state index >= 15 is 0 Å². The van der Waals surface area contributed by atoms with E-state index in [1.807, 2.05) is 36.6 Å². The molecule has 0 bridgehead atoms. The van der Waals surface area contributed by atoms with E-state index in [0.717, 1.165) is 41.0 Å². The highest BCUT2D eigenvalue weighted by molar-refractivity contribution is 5.50. The normalized spacial score (nSPS) is 21.8. The Morgan fingerprint density at radius 2 is 1.28 bits per heavy atom. The fraction of sp³-hybridized carbons (Fsp3) is 0.286. The molecule has 0 N–H and O–H groups in total. The van der Waals surface area contributed by atoms with Crippen LogP contribution in [-0.2, 0) is 15.1 Å². The highest BCUT2D eigenvalue weighted by Gasteiger charge is 2.47. The van der Waals surface area contributed by atoms with Gasteiger partial charge in [-0.25, -0.2) is 0 Å². The van der Waals surface area contributed by atoms with Gasteiger partial charge in [-0.2, -0.15) is 0 Å². The molecule has 1 aliphatic carbocycles. The zero-order valence-electron chi connectivity index (χ0n) is 18.4. The SMILES string of the molecule is COc1ccc(C(O[C@@H]2CC[C@@H]3C=CO[C@@H]32)(c2ccccc2)c2ccc(OC)cc2)cc1. The minimum atomic E-state index is -0.800. The van der Waals surface area contributed by atoms with E-state index in [1.54, 1.807) is 14.2 Å². The van der Waals surface area contributed by atoms with Crippen molar-refractivity contribution in [2.75, 3.05) is 14.2 Å². The summed E-state index contributed by atoms with van der Waals surface area (Å²) in [6.45, 7) is 0. The van der Waals surface area contributed by atoms with E-state index in [-0.39, 0.29) is 12.2 Å². The number of benzene rings is 3. The van der Waals surface area contributed by atoms with Crippen LogP contribution in [0.2, 0.25) is 0 Å². The second-order valence-electron chi connectivity index (χ2n) is 8.33. The number of ether oxygens (including phenoxy) is 4. The summed E-state index contributed by atoms with van der Waals surface area (Å²) in [4.78, 5) is 0. The standard InChI is InChI=1S/C28H28O4/c1-29-24-13-9-22(10-14-24)28(21-6-4-3-5-7-21,23-11-15-25(30-2)16-12-23)32-26-17-8-20-18-19-31-27(20)26/h3-7,9-16,18-20,26-27H,8,17H2,1-2H3/t20-,26-,27+/m1/s1. The summed E-state index contributed by atoms with van der Waals surface area (Å²) in [5.74, 6) is 2.05. The van der Waals surface area contributed by atoms with Crippen molar-refractivity contribution in [1.29, 1.82) is 0 Å². The predicted molar refractivity (Wildman–Crippen MR) is 124 cm³/mol. The molecule has 1 saturated carbocycles. The summed E-state index contributed by atoms with van der Waals surface area (Å²) in [6, 6.07) is 26.8. The van der Waals surface area contributed by atoms with Gasteiger partial charge in [0.1, 0.15) is 23.2 Å². The second-order valence-corrected chi connectivity index (χ2v) is 8.33. The summed E-state index contributed by atoms with van der Waals surface area (Å²) >= 11 is 0. The minimum absolute atomic E-state index is 0.0283. The Bertz CT molecular complexity index is 1010. The quantitative estimate of drug-likeness (QED) is 0.452. The average Bonchev–Trinajstić information content (AvgIpc) is 3.48. The first-order valence-electron chi connectivity index (χ1n) is 11.1. The van der Waals surface area contributed by atoms with Crippen LogP contribution >= 0.6 is 0 Å². The van der Waals surface area contributed by atoms with Crippen LogP contribution < -0.4 is 9.47 Å². The maximum atomic E-state index is 7.17. The van der Waals surface area contributed by atoms with Crippen molar-refractivity contribution >= 4 is 0 Å². The summed E-state index contributed by atoms with van der Waals surface area (Å²) in [5, 5.41) is 0. The lowest BCUT2D eigenvalue weighted by Gasteiger charge is -2.39. The van der Waals surface area contributed by atoms with Gasteiger partial charge in [0.2, 0.25) is 0 Å². The lowest BCUT2D eigenvalue weighted by Crippen LogP contribution is -2.40. The Balaban J connectivity index is 1.68. The number of methoxy groups -OCH3 is 2. The molecule has 3 aromatic carbocycles. The van der Waals surface area contributed by atoms with Gasteiger partial charge in [-0.1, -0.05) is 54.6 Å². The second kappa shape index (κ2) is 8.71. The van der Waals surface area contributed by atoms with Crippen LogP contribution in [0, 0.1) is 5.92 Å². The predicted octanol–water partition coefficient (Wildman–Crippen LogP) is 5.70. The fourth-order valence-corrected chi connectivity index (χ4v) is 4.97. The van der Waals surface area contributed by atoms with Crippen LogP contribution in [0.4, 0.5) is 0 Å². The van der Waals surface area contributed by atoms with Gasteiger partial charge in [0.25, 0.3) is 0 Å². The molecule has 4 nitrogen and oxygen atoms in total. The molecule has 0 radical (unpaired) electrons. The van der Waals surface area contributed by atoms with Crippen LogP contribution in [0.3, 0.4) is 0 Å². The largest absolute Gasteiger partial charge is 0.497 e. The van der Waals surface area contributed by atoms with Crippen molar-refractivity contribution in [3.05, 3.63) is 108 Å². The number of rotatable bonds is 7. The highest BCUT2D eigenvalue weighted by Crippen LogP contribution is 2.46. The molecule has 0 aromatic heterocycles. The lowest BCUT2D eigenvalue weighted by molar-refractivity contribution is -0.0916. The number of fused-ring (bicyclic) bond motifs is 1. The molecule has 0 amide bonds. The van der Waals surface area contributed by atoms with Crippen molar-refractivity contribution < 1.29 is 18.9 Å². The van der Waals surface area contributed by atoms with E-state index in [0.29, 0.717) is 5.92 Å². The number of hydrogen-bond donors (Lipinski definition) is 0. The molecule has 32 heavy (non-hydrogen) atoms. The molecule has 0 spiro atoms. The van der Waals surface area contributed by atoms with Gasteiger partial charge in [0.05, 0.1) is 26.6 Å². The summed E-state index contributed by atoms with van der Waals surface area (Å²) in [7, 11) is 3.37. The molecule has 4 heteroatoms. The fourth-order valence-electron chi connectivity index (χ4n) is 4.97. The molecule has 3 aromatic rings. The Hall–Kier alpha value is -3.24. The Kier molecular flexibility index (Phi) is 5.62. The monoisotopic (exact) mass is 428 g/mol. The molecule has 0 saturated heterocycles. The van der Waals surface area contributed by atoms with Gasteiger partial charge < -0.3 is 18.9 Å². The first kappa shape index (κ1) is 20.7. The summed E-state index contributed by atoms with van der Waals surface area (Å²) in [6.07, 6.45) is 6.05. The van der Waals surface area contributed by atoms with Crippen LogP contribution in [0.5, 0.6) is 11.5 Å². The van der Waals surface area contributed by atoms with E-state index in [9.17, 15) is 0 Å². The third-order valence-corrected chi connectivity index (χ3v) is 6.64. The maximum absolute atomic E-state index is 7.17. The molecule has 0 unspecified atom stereocenters. The van der Waals surface area contributed by atoms with E-state index in [2.05, 4.69) is 54.6 Å². The average molecular weight is 429 g/mol. The van der Waals surface area contributed by atoms with Crippen LogP contribution in [-0.4, -0.2) is 26.4 Å².